The zero-order valence-electron chi connectivity index (χ0n) is 10.4. The number of aliphatic hydroxyl groups is 1. The van der Waals surface area contributed by atoms with Crippen LogP contribution < -0.4 is 0 Å². The van der Waals surface area contributed by atoms with Crippen LogP contribution in [0.2, 0.25) is 0 Å². The van der Waals surface area contributed by atoms with Gasteiger partial charge in [-0.2, -0.15) is 0 Å². The lowest BCUT2D eigenvalue weighted by Crippen LogP contribution is -2.06. The highest BCUT2D eigenvalue weighted by Crippen LogP contribution is 2.31. The number of hydrogen-bond donors (Lipinski definition) is 1. The van der Waals surface area contributed by atoms with Crippen LogP contribution in [-0.2, 0) is 0 Å². The number of aliphatic hydroxyl groups excluding tert-OH is 1. The van der Waals surface area contributed by atoms with Crippen LogP contribution in [0.15, 0.2) is 29.2 Å². The minimum Gasteiger partial charge on any atom is -0.388 e. The first-order valence-electron chi connectivity index (χ1n) is 6.03. The fraction of sp³-hybridized carbons (Fsp3) is 0.571. The standard InChI is InChI=1S/C14H22OS/c1-4-11(5-2)10-13(15)12-8-6-7-9-14(12)16-3/h6-9,11,13,15H,4-5,10H2,1-3H3. The molecule has 0 spiro atoms. The largest absolute Gasteiger partial charge is 0.388 e. The van der Waals surface area contributed by atoms with Crippen molar-refractivity contribution in [1.82, 2.24) is 0 Å². The van der Waals surface area contributed by atoms with E-state index in [-0.39, 0.29) is 6.10 Å². The molecule has 0 saturated heterocycles. The lowest BCUT2D eigenvalue weighted by Gasteiger charge is -2.19. The predicted molar refractivity (Wildman–Crippen MR) is 71.9 cm³/mol. The fourth-order valence-corrected chi connectivity index (χ4v) is 2.66. The van der Waals surface area contributed by atoms with Gasteiger partial charge in [-0.3, -0.25) is 0 Å². The van der Waals surface area contributed by atoms with E-state index < -0.39 is 0 Å². The molecule has 1 unspecified atom stereocenters. The Morgan fingerprint density at radius 1 is 1.19 bits per heavy atom. The molecule has 1 nitrogen and oxygen atoms in total. The molecule has 16 heavy (non-hydrogen) atoms. The van der Waals surface area contributed by atoms with E-state index in [9.17, 15) is 5.11 Å². The Bertz CT molecular complexity index is 307. The van der Waals surface area contributed by atoms with Crippen molar-refractivity contribution in [1.29, 1.82) is 0 Å². The van der Waals surface area contributed by atoms with E-state index in [0.29, 0.717) is 5.92 Å². The van der Waals surface area contributed by atoms with Crippen molar-refractivity contribution in [3.8, 4) is 0 Å². The number of benzene rings is 1. The Kier molecular flexibility index (Phi) is 5.93. The summed E-state index contributed by atoms with van der Waals surface area (Å²) in [6, 6.07) is 8.15. The van der Waals surface area contributed by atoms with Crippen LogP contribution in [0.4, 0.5) is 0 Å². The molecule has 90 valence electrons. The molecule has 0 amide bonds. The highest BCUT2D eigenvalue weighted by Gasteiger charge is 2.15. The second-order valence-electron chi connectivity index (χ2n) is 4.18. The van der Waals surface area contributed by atoms with E-state index in [0.717, 1.165) is 24.8 Å². The molecule has 0 aromatic heterocycles. The molecule has 0 aliphatic heterocycles. The number of hydrogen-bond acceptors (Lipinski definition) is 2. The van der Waals surface area contributed by atoms with Crippen molar-refractivity contribution < 1.29 is 5.11 Å². The lowest BCUT2D eigenvalue weighted by molar-refractivity contribution is 0.138. The van der Waals surface area contributed by atoms with Gasteiger partial charge in [0.25, 0.3) is 0 Å². The summed E-state index contributed by atoms with van der Waals surface area (Å²) < 4.78 is 0. The molecule has 2 heteroatoms. The molecule has 0 radical (unpaired) electrons. The SMILES string of the molecule is CCC(CC)CC(O)c1ccccc1SC. The van der Waals surface area contributed by atoms with Gasteiger partial charge in [-0.25, -0.2) is 0 Å². The Labute approximate surface area is 103 Å². The predicted octanol–water partition coefficient (Wildman–Crippen LogP) is 4.27. The van der Waals surface area contributed by atoms with E-state index >= 15 is 0 Å². The van der Waals surface area contributed by atoms with Crippen molar-refractivity contribution >= 4 is 11.8 Å². The topological polar surface area (TPSA) is 20.2 Å². The Morgan fingerprint density at radius 2 is 1.81 bits per heavy atom. The van der Waals surface area contributed by atoms with Crippen LogP contribution in [-0.4, -0.2) is 11.4 Å². The first-order chi connectivity index (χ1) is 7.72. The molecule has 0 heterocycles. The van der Waals surface area contributed by atoms with Crippen molar-refractivity contribution in [2.45, 2.75) is 44.1 Å². The van der Waals surface area contributed by atoms with E-state index in [2.05, 4.69) is 26.2 Å². The van der Waals surface area contributed by atoms with Gasteiger partial charge >= 0.3 is 0 Å². The maximum Gasteiger partial charge on any atom is 0.0803 e. The van der Waals surface area contributed by atoms with Gasteiger partial charge in [-0.1, -0.05) is 44.9 Å². The normalized spacial score (nSPS) is 13.1. The Hall–Kier alpha value is -0.470. The Balaban J connectivity index is 2.75. The zero-order valence-corrected chi connectivity index (χ0v) is 11.3. The summed E-state index contributed by atoms with van der Waals surface area (Å²) in [5, 5.41) is 10.3. The Morgan fingerprint density at radius 3 is 2.38 bits per heavy atom. The van der Waals surface area contributed by atoms with Gasteiger partial charge in [0.2, 0.25) is 0 Å². The molecule has 1 rings (SSSR count). The van der Waals surface area contributed by atoms with Gasteiger partial charge in [0.05, 0.1) is 6.10 Å². The average Bonchev–Trinajstić information content (AvgIpc) is 2.35. The summed E-state index contributed by atoms with van der Waals surface area (Å²) in [6.45, 7) is 4.39. The fourth-order valence-electron chi connectivity index (χ4n) is 2.01. The van der Waals surface area contributed by atoms with Gasteiger partial charge in [0.15, 0.2) is 0 Å². The third-order valence-electron chi connectivity index (χ3n) is 3.21. The molecule has 0 aliphatic carbocycles. The molecule has 0 aliphatic rings. The summed E-state index contributed by atoms with van der Waals surface area (Å²) in [5.41, 5.74) is 1.09. The monoisotopic (exact) mass is 238 g/mol. The smallest absolute Gasteiger partial charge is 0.0803 e. The van der Waals surface area contributed by atoms with E-state index in [1.54, 1.807) is 11.8 Å². The van der Waals surface area contributed by atoms with Gasteiger partial charge in [0.1, 0.15) is 0 Å². The minimum absolute atomic E-state index is 0.312. The van der Waals surface area contributed by atoms with Crippen LogP contribution in [0.3, 0.4) is 0 Å². The van der Waals surface area contributed by atoms with Crippen LogP contribution >= 0.6 is 11.8 Å². The third kappa shape index (κ3) is 3.53. The second-order valence-corrected chi connectivity index (χ2v) is 5.02. The first kappa shape index (κ1) is 13.6. The lowest BCUT2D eigenvalue weighted by atomic mass is 9.93. The minimum atomic E-state index is -0.312. The van der Waals surface area contributed by atoms with Crippen molar-refractivity contribution in [3.05, 3.63) is 29.8 Å². The molecular formula is C14H22OS. The highest BCUT2D eigenvalue weighted by atomic mass is 32.2. The van der Waals surface area contributed by atoms with Crippen molar-refractivity contribution in [3.63, 3.8) is 0 Å². The summed E-state index contributed by atoms with van der Waals surface area (Å²) in [5.74, 6) is 0.630. The molecule has 0 bridgehead atoms. The first-order valence-corrected chi connectivity index (χ1v) is 7.26. The number of thioether (sulfide) groups is 1. The molecule has 1 aromatic rings. The highest BCUT2D eigenvalue weighted by molar-refractivity contribution is 7.98. The summed E-state index contributed by atoms with van der Waals surface area (Å²) in [6.07, 6.45) is 4.92. The third-order valence-corrected chi connectivity index (χ3v) is 4.02. The van der Waals surface area contributed by atoms with E-state index in [1.807, 2.05) is 18.2 Å². The van der Waals surface area contributed by atoms with Gasteiger partial charge in [-0.15, -0.1) is 11.8 Å². The molecule has 1 aromatic carbocycles. The summed E-state index contributed by atoms with van der Waals surface area (Å²) >= 11 is 1.71. The van der Waals surface area contributed by atoms with Gasteiger partial charge in [0, 0.05) is 4.90 Å². The maximum absolute atomic E-state index is 10.3. The maximum atomic E-state index is 10.3. The van der Waals surface area contributed by atoms with Crippen molar-refractivity contribution in [2.75, 3.05) is 6.26 Å². The molecular weight excluding hydrogens is 216 g/mol. The summed E-state index contributed by atoms with van der Waals surface area (Å²) in [4.78, 5) is 1.20. The zero-order chi connectivity index (χ0) is 12.0. The van der Waals surface area contributed by atoms with Gasteiger partial charge < -0.3 is 5.11 Å². The average molecular weight is 238 g/mol. The second kappa shape index (κ2) is 6.97. The van der Waals surface area contributed by atoms with Crippen LogP contribution in [0.1, 0.15) is 44.8 Å². The van der Waals surface area contributed by atoms with Crippen LogP contribution in [0.25, 0.3) is 0 Å². The van der Waals surface area contributed by atoms with Gasteiger partial charge in [-0.05, 0) is 30.2 Å². The summed E-state index contributed by atoms with van der Waals surface area (Å²) in [7, 11) is 0. The van der Waals surface area contributed by atoms with Crippen LogP contribution in [0.5, 0.6) is 0 Å². The van der Waals surface area contributed by atoms with Crippen molar-refractivity contribution in [2.24, 2.45) is 5.92 Å². The molecule has 1 atom stereocenters. The van der Waals surface area contributed by atoms with E-state index in [4.69, 9.17) is 0 Å². The molecule has 0 saturated carbocycles. The quantitative estimate of drug-likeness (QED) is 0.747. The number of rotatable bonds is 6. The van der Waals surface area contributed by atoms with Crippen LogP contribution in [0, 0.1) is 5.92 Å². The van der Waals surface area contributed by atoms with E-state index in [1.165, 1.54) is 4.90 Å². The molecule has 0 fully saturated rings. The molecule has 1 N–H and O–H groups in total.